The van der Waals surface area contributed by atoms with Crippen LogP contribution in [0.5, 0.6) is 0 Å². The molecule has 0 fully saturated rings. The third-order valence-corrected chi connectivity index (χ3v) is 3.65. The van der Waals surface area contributed by atoms with Crippen molar-refractivity contribution in [2.24, 2.45) is 0 Å². The Labute approximate surface area is 139 Å². The van der Waals surface area contributed by atoms with Gasteiger partial charge in [-0.2, -0.15) is 31.7 Å². The van der Waals surface area contributed by atoms with Gasteiger partial charge < -0.3 is 4.42 Å². The van der Waals surface area contributed by atoms with Gasteiger partial charge in [-0.1, -0.05) is 0 Å². The molecule has 1 N–H and O–H groups in total. The molecule has 134 valence electrons. The van der Waals surface area contributed by atoms with E-state index in [0.29, 0.717) is 4.68 Å². The Balaban J connectivity index is 1.95. The summed E-state index contributed by atoms with van der Waals surface area (Å²) in [6.45, 7) is -2.92. The first-order chi connectivity index (χ1) is 12.3. The van der Waals surface area contributed by atoms with E-state index >= 15 is 0 Å². The number of H-pyrrole nitrogens is 1. The van der Waals surface area contributed by atoms with Gasteiger partial charge in [-0.25, -0.2) is 14.8 Å². The Kier molecular flexibility index (Phi) is 3.32. The third-order valence-electron chi connectivity index (χ3n) is 3.65. The van der Waals surface area contributed by atoms with Gasteiger partial charge in [0.15, 0.2) is 11.2 Å². The topological polar surface area (TPSA) is 89.6 Å². The molecule has 7 nitrogen and oxygen atoms in total. The van der Waals surface area contributed by atoms with E-state index in [4.69, 9.17) is 4.42 Å². The molecule has 0 aliphatic rings. The lowest BCUT2D eigenvalue weighted by atomic mass is 10.1. The molecule has 4 aromatic rings. The van der Waals surface area contributed by atoms with Crippen LogP contribution in [0.25, 0.3) is 33.5 Å². The van der Waals surface area contributed by atoms with Gasteiger partial charge in [0.05, 0.1) is 23.7 Å². The molecule has 0 spiro atoms. The number of aromatic amines is 1. The highest BCUT2D eigenvalue weighted by molar-refractivity contribution is 5.92. The maximum atomic E-state index is 13.1. The molecule has 0 aliphatic heterocycles. The summed E-state index contributed by atoms with van der Waals surface area (Å²) in [5, 5.41) is 3.46. The van der Waals surface area contributed by atoms with E-state index in [1.807, 2.05) is 4.98 Å². The van der Waals surface area contributed by atoms with Crippen LogP contribution in [-0.2, 0) is 6.18 Å². The summed E-state index contributed by atoms with van der Waals surface area (Å²) >= 11 is 0. The molecule has 0 saturated carbocycles. The highest BCUT2D eigenvalue weighted by Gasteiger charge is 2.34. The second-order valence-corrected chi connectivity index (χ2v) is 5.21. The van der Waals surface area contributed by atoms with E-state index in [2.05, 4.69) is 15.1 Å². The average molecular weight is 371 g/mol. The molecule has 0 atom stereocenters. The molecule has 0 amide bonds. The van der Waals surface area contributed by atoms with Gasteiger partial charge in [0.2, 0.25) is 0 Å². The number of alkyl halides is 5. The Morgan fingerprint density at radius 2 is 1.96 bits per heavy atom. The molecule has 26 heavy (non-hydrogen) atoms. The highest BCUT2D eigenvalue weighted by atomic mass is 19.4. The number of nitrogens with one attached hydrogen (secondary N) is 1. The third kappa shape index (κ3) is 2.41. The molecule has 0 bridgehead atoms. The number of nitrogens with zero attached hydrogens (tertiary/aromatic N) is 4. The predicted molar refractivity (Wildman–Crippen MR) is 77.4 cm³/mol. The summed E-state index contributed by atoms with van der Waals surface area (Å²) < 4.78 is 70.0. The molecule has 0 aliphatic carbocycles. The van der Waals surface area contributed by atoms with Gasteiger partial charge in [-0.15, -0.1) is 0 Å². The summed E-state index contributed by atoms with van der Waals surface area (Å²) in [6.07, 6.45) is -2.58. The smallest absolute Gasteiger partial charge is 0.407 e. The number of rotatable bonds is 2. The second-order valence-electron chi connectivity index (χ2n) is 5.21. The van der Waals surface area contributed by atoms with Crippen LogP contribution < -0.4 is 5.76 Å². The second kappa shape index (κ2) is 5.34. The van der Waals surface area contributed by atoms with Gasteiger partial charge in [0.25, 0.3) is 0 Å². The minimum Gasteiger partial charge on any atom is -0.407 e. The van der Waals surface area contributed by atoms with Crippen molar-refractivity contribution in [3.05, 3.63) is 40.6 Å². The van der Waals surface area contributed by atoms with Crippen LogP contribution >= 0.6 is 0 Å². The quantitative estimate of drug-likeness (QED) is 0.546. The van der Waals surface area contributed by atoms with Crippen molar-refractivity contribution in [3.63, 3.8) is 0 Å². The number of oxazole rings is 1. The van der Waals surface area contributed by atoms with Gasteiger partial charge >= 0.3 is 18.5 Å². The Morgan fingerprint density at radius 1 is 1.19 bits per heavy atom. The lowest BCUT2D eigenvalue weighted by Gasteiger charge is -2.09. The molecule has 0 saturated heterocycles. The lowest BCUT2D eigenvalue weighted by Crippen LogP contribution is -2.06. The van der Waals surface area contributed by atoms with E-state index in [0.717, 1.165) is 24.5 Å². The van der Waals surface area contributed by atoms with Crippen molar-refractivity contribution in [1.82, 2.24) is 24.7 Å². The highest BCUT2D eigenvalue weighted by Crippen LogP contribution is 2.37. The van der Waals surface area contributed by atoms with Crippen LogP contribution in [0.15, 0.2) is 33.7 Å². The van der Waals surface area contributed by atoms with Gasteiger partial charge in [0.1, 0.15) is 11.0 Å². The zero-order chi connectivity index (χ0) is 18.6. The fourth-order valence-electron chi connectivity index (χ4n) is 2.58. The standard InChI is InChI=1S/C14H6F5N5O2/c15-12(16)24-11-8(4-21-24)22-7(3-20-11)5-1-2-6(14(17,18)19)9-10(5)26-13(25)23-9/h1-4,12H,(H,23,25). The molecular weight excluding hydrogens is 365 g/mol. The summed E-state index contributed by atoms with van der Waals surface area (Å²) in [5.74, 6) is -1.07. The number of aromatic nitrogens is 5. The van der Waals surface area contributed by atoms with Gasteiger partial charge in [-0.3, -0.25) is 4.98 Å². The minimum absolute atomic E-state index is 0.00808. The van der Waals surface area contributed by atoms with Crippen molar-refractivity contribution in [3.8, 4) is 11.3 Å². The zero-order valence-corrected chi connectivity index (χ0v) is 12.4. The first-order valence-corrected chi connectivity index (χ1v) is 6.97. The first-order valence-electron chi connectivity index (χ1n) is 6.97. The van der Waals surface area contributed by atoms with Crippen molar-refractivity contribution in [1.29, 1.82) is 0 Å². The Bertz CT molecular complexity index is 1190. The fourth-order valence-corrected chi connectivity index (χ4v) is 2.58. The predicted octanol–water partition coefficient (Wildman–Crippen LogP) is 3.34. The maximum absolute atomic E-state index is 13.1. The largest absolute Gasteiger partial charge is 0.418 e. The normalized spacial score (nSPS) is 12.5. The SMILES string of the molecule is O=c1[nH]c2c(C(F)(F)F)ccc(-c3cnc4c(cnn4C(F)F)n3)c2o1. The molecular formula is C14H6F5N5O2. The molecule has 3 aromatic heterocycles. The average Bonchev–Trinajstić information content (AvgIpc) is 3.14. The number of fused-ring (bicyclic) bond motifs is 2. The van der Waals surface area contributed by atoms with E-state index in [1.165, 1.54) is 0 Å². The minimum atomic E-state index is -4.71. The van der Waals surface area contributed by atoms with Crippen molar-refractivity contribution in [2.75, 3.05) is 0 Å². The van der Waals surface area contributed by atoms with Crippen LogP contribution in [0, 0.1) is 0 Å². The lowest BCUT2D eigenvalue weighted by molar-refractivity contribution is -0.136. The molecule has 12 heteroatoms. The van der Waals surface area contributed by atoms with E-state index in [-0.39, 0.29) is 28.0 Å². The zero-order valence-electron chi connectivity index (χ0n) is 12.4. The van der Waals surface area contributed by atoms with Crippen molar-refractivity contribution >= 4 is 22.3 Å². The Morgan fingerprint density at radius 3 is 2.65 bits per heavy atom. The molecule has 0 unspecified atom stereocenters. The Hall–Kier alpha value is -3.31. The van der Waals surface area contributed by atoms with Crippen molar-refractivity contribution in [2.45, 2.75) is 12.7 Å². The summed E-state index contributed by atoms with van der Waals surface area (Å²) in [4.78, 5) is 21.3. The summed E-state index contributed by atoms with van der Waals surface area (Å²) in [7, 11) is 0. The van der Waals surface area contributed by atoms with E-state index in [1.54, 1.807) is 0 Å². The van der Waals surface area contributed by atoms with Crippen LogP contribution in [0.1, 0.15) is 12.1 Å². The van der Waals surface area contributed by atoms with Crippen LogP contribution in [0.3, 0.4) is 0 Å². The van der Waals surface area contributed by atoms with Crippen molar-refractivity contribution < 1.29 is 26.4 Å². The number of hydrogen-bond acceptors (Lipinski definition) is 5. The maximum Gasteiger partial charge on any atom is 0.418 e. The van der Waals surface area contributed by atoms with E-state index in [9.17, 15) is 26.7 Å². The molecule has 1 aromatic carbocycles. The van der Waals surface area contributed by atoms with Crippen LogP contribution in [-0.4, -0.2) is 24.7 Å². The number of benzene rings is 1. The first kappa shape index (κ1) is 16.2. The monoisotopic (exact) mass is 371 g/mol. The van der Waals surface area contributed by atoms with Gasteiger partial charge in [-0.05, 0) is 12.1 Å². The van der Waals surface area contributed by atoms with Crippen LogP contribution in [0.4, 0.5) is 22.0 Å². The van der Waals surface area contributed by atoms with Crippen LogP contribution in [0.2, 0.25) is 0 Å². The van der Waals surface area contributed by atoms with Gasteiger partial charge in [0, 0.05) is 5.56 Å². The molecule has 0 radical (unpaired) electrons. The summed E-state index contributed by atoms with van der Waals surface area (Å²) in [5.41, 5.74) is -2.08. The number of hydrogen-bond donors (Lipinski definition) is 1. The van der Waals surface area contributed by atoms with E-state index < -0.39 is 29.6 Å². The number of halogens is 5. The summed E-state index contributed by atoms with van der Waals surface area (Å²) in [6, 6.07) is 1.83. The molecule has 4 rings (SSSR count). The fraction of sp³-hybridized carbons (Fsp3) is 0.143. The molecule has 3 heterocycles.